The zero-order chi connectivity index (χ0) is 13.1. The van der Waals surface area contributed by atoms with Crippen molar-refractivity contribution < 1.29 is 4.74 Å². The lowest BCUT2D eigenvalue weighted by molar-refractivity contribution is 0.153. The third kappa shape index (κ3) is 2.31. The number of methoxy groups -OCH3 is 1. The molecule has 0 aliphatic carbocycles. The summed E-state index contributed by atoms with van der Waals surface area (Å²) in [6.07, 6.45) is 2.06. The quantitative estimate of drug-likeness (QED) is 0.905. The van der Waals surface area contributed by atoms with Crippen molar-refractivity contribution in [2.24, 2.45) is 0 Å². The Hall–Kier alpha value is -1.26. The Morgan fingerprint density at radius 2 is 2.28 bits per heavy atom. The van der Waals surface area contributed by atoms with Gasteiger partial charge < -0.3 is 15.0 Å². The largest absolute Gasteiger partial charge is 0.383 e. The first-order valence-electron chi connectivity index (χ1n) is 6.09. The van der Waals surface area contributed by atoms with Crippen molar-refractivity contribution in [3.05, 3.63) is 23.2 Å². The summed E-state index contributed by atoms with van der Waals surface area (Å²) in [5.41, 5.74) is 7.75. The number of nitrogens with two attached hydrogens (primary N) is 1. The molecule has 2 rings (SSSR count). The van der Waals surface area contributed by atoms with E-state index in [1.807, 2.05) is 22.8 Å². The second-order valence-electron chi connectivity index (χ2n) is 4.35. The van der Waals surface area contributed by atoms with E-state index in [1.165, 1.54) is 0 Å². The van der Waals surface area contributed by atoms with Crippen LogP contribution < -0.4 is 5.73 Å². The molecule has 18 heavy (non-hydrogen) atoms. The lowest BCUT2D eigenvalue weighted by Crippen LogP contribution is -2.16. The first-order valence-corrected chi connectivity index (χ1v) is 6.47. The predicted molar refractivity (Wildman–Crippen MR) is 75.0 cm³/mol. The lowest BCUT2D eigenvalue weighted by Gasteiger charge is -2.19. The van der Waals surface area contributed by atoms with Crippen LogP contribution in [0.2, 0.25) is 5.02 Å². The first kappa shape index (κ1) is 13.2. The minimum absolute atomic E-state index is 0.198. The number of hydrogen-bond donors (Lipinski definition) is 1. The Kier molecular flexibility index (Phi) is 4.09. The van der Waals surface area contributed by atoms with Gasteiger partial charge in [-0.15, -0.1) is 0 Å². The molecule has 0 amide bonds. The van der Waals surface area contributed by atoms with Crippen molar-refractivity contribution in [1.29, 1.82) is 0 Å². The van der Waals surface area contributed by atoms with Crippen LogP contribution >= 0.6 is 11.6 Å². The van der Waals surface area contributed by atoms with Gasteiger partial charge in [0.15, 0.2) is 0 Å². The van der Waals surface area contributed by atoms with E-state index in [4.69, 9.17) is 22.1 Å². The van der Waals surface area contributed by atoms with E-state index in [-0.39, 0.29) is 6.04 Å². The van der Waals surface area contributed by atoms with E-state index in [9.17, 15) is 0 Å². The summed E-state index contributed by atoms with van der Waals surface area (Å²) < 4.78 is 7.30. The summed E-state index contributed by atoms with van der Waals surface area (Å²) in [6, 6.07) is 5.93. The molecule has 1 aromatic heterocycles. The topological polar surface area (TPSA) is 53.1 Å². The molecular formula is C13H18ClN3O. The molecule has 1 atom stereocenters. The zero-order valence-corrected chi connectivity index (χ0v) is 11.4. The van der Waals surface area contributed by atoms with E-state index >= 15 is 0 Å². The Balaban J connectivity index is 2.54. The maximum Gasteiger partial charge on any atom is 0.201 e. The number of rotatable bonds is 5. The molecule has 0 bridgehead atoms. The normalized spacial score (nSPS) is 13.1. The molecule has 98 valence electrons. The fraction of sp³-hybridized carbons (Fsp3) is 0.462. The average Bonchev–Trinajstić information content (AvgIpc) is 2.67. The molecule has 0 radical (unpaired) electrons. The minimum Gasteiger partial charge on any atom is -0.383 e. The van der Waals surface area contributed by atoms with Gasteiger partial charge in [-0.3, -0.25) is 0 Å². The molecule has 0 fully saturated rings. The van der Waals surface area contributed by atoms with Crippen molar-refractivity contribution in [2.45, 2.75) is 25.8 Å². The molecule has 1 heterocycles. The zero-order valence-electron chi connectivity index (χ0n) is 10.7. The number of hydrogen-bond acceptors (Lipinski definition) is 3. The molecule has 0 saturated heterocycles. The number of nitrogens with zero attached hydrogens (tertiary/aromatic N) is 2. The van der Waals surface area contributed by atoms with Crippen LogP contribution in [-0.4, -0.2) is 23.3 Å². The summed E-state index contributed by atoms with van der Waals surface area (Å²) in [5, 5.41) is 0.630. The summed E-state index contributed by atoms with van der Waals surface area (Å²) in [4.78, 5) is 4.35. The number of aromatic nitrogens is 2. The summed E-state index contributed by atoms with van der Waals surface area (Å²) >= 11 is 6.14. The van der Waals surface area contributed by atoms with E-state index in [1.54, 1.807) is 7.11 Å². The van der Waals surface area contributed by atoms with Crippen LogP contribution in [-0.2, 0) is 4.74 Å². The van der Waals surface area contributed by atoms with E-state index in [0.29, 0.717) is 17.6 Å². The van der Waals surface area contributed by atoms with Gasteiger partial charge in [0.1, 0.15) is 5.52 Å². The summed E-state index contributed by atoms with van der Waals surface area (Å²) in [5.74, 6) is 0.494. The highest BCUT2D eigenvalue weighted by atomic mass is 35.5. The molecule has 0 saturated carbocycles. The number of benzene rings is 1. The number of ether oxygens (including phenoxy) is 1. The van der Waals surface area contributed by atoms with Gasteiger partial charge >= 0.3 is 0 Å². The van der Waals surface area contributed by atoms with Crippen molar-refractivity contribution in [2.75, 3.05) is 19.5 Å². The Morgan fingerprint density at radius 3 is 2.94 bits per heavy atom. The van der Waals surface area contributed by atoms with Gasteiger partial charge in [-0.2, -0.15) is 0 Å². The van der Waals surface area contributed by atoms with Crippen molar-refractivity contribution in [3.8, 4) is 0 Å². The van der Waals surface area contributed by atoms with Gasteiger partial charge in [0.05, 0.1) is 23.2 Å². The van der Waals surface area contributed by atoms with Crippen molar-refractivity contribution in [3.63, 3.8) is 0 Å². The lowest BCUT2D eigenvalue weighted by atomic mass is 10.1. The number of para-hydroxylation sites is 1. The number of imidazole rings is 1. The molecule has 0 aliphatic heterocycles. The van der Waals surface area contributed by atoms with Crippen LogP contribution in [0.25, 0.3) is 11.0 Å². The Bertz CT molecular complexity index is 532. The van der Waals surface area contributed by atoms with Crippen LogP contribution in [0, 0.1) is 0 Å². The van der Waals surface area contributed by atoms with E-state index in [2.05, 4.69) is 11.9 Å². The van der Waals surface area contributed by atoms with Gasteiger partial charge in [-0.1, -0.05) is 31.0 Å². The maximum atomic E-state index is 6.14. The third-order valence-corrected chi connectivity index (χ3v) is 3.35. The number of halogens is 1. The van der Waals surface area contributed by atoms with Crippen molar-refractivity contribution in [1.82, 2.24) is 9.55 Å². The minimum atomic E-state index is 0.198. The molecular weight excluding hydrogens is 250 g/mol. The smallest absolute Gasteiger partial charge is 0.201 e. The van der Waals surface area contributed by atoms with Gasteiger partial charge in [-0.25, -0.2) is 4.98 Å². The average molecular weight is 268 g/mol. The second-order valence-corrected chi connectivity index (χ2v) is 4.75. The van der Waals surface area contributed by atoms with Crippen LogP contribution in [0.1, 0.15) is 25.8 Å². The predicted octanol–water partition coefficient (Wildman–Crippen LogP) is 3.26. The highest BCUT2D eigenvalue weighted by Crippen LogP contribution is 2.29. The molecule has 2 aromatic rings. The molecule has 1 aromatic carbocycles. The molecule has 4 nitrogen and oxygen atoms in total. The fourth-order valence-electron chi connectivity index (χ4n) is 2.30. The van der Waals surface area contributed by atoms with Gasteiger partial charge in [0.2, 0.25) is 5.95 Å². The van der Waals surface area contributed by atoms with Crippen LogP contribution in [0.15, 0.2) is 18.2 Å². The van der Waals surface area contributed by atoms with Gasteiger partial charge in [-0.05, 0) is 18.6 Å². The molecule has 1 unspecified atom stereocenters. The number of anilines is 1. The van der Waals surface area contributed by atoms with Gasteiger partial charge in [0, 0.05) is 7.11 Å². The monoisotopic (exact) mass is 267 g/mol. The second kappa shape index (κ2) is 5.59. The van der Waals surface area contributed by atoms with Crippen LogP contribution in [0.3, 0.4) is 0 Å². The standard InChI is InChI=1S/C13H18ClN3O/c1-3-5-9(8-18-2)17-11-7-4-6-10(14)12(11)16-13(17)15/h4,6-7,9H,3,5,8H2,1-2H3,(H2,15,16). The highest BCUT2D eigenvalue weighted by Gasteiger charge is 2.18. The third-order valence-electron chi connectivity index (χ3n) is 3.04. The Labute approximate surface area is 112 Å². The fourth-order valence-corrected chi connectivity index (χ4v) is 2.51. The summed E-state index contributed by atoms with van der Waals surface area (Å²) in [7, 11) is 1.70. The first-order chi connectivity index (χ1) is 8.69. The maximum absolute atomic E-state index is 6.14. The van der Waals surface area contributed by atoms with Crippen LogP contribution in [0.5, 0.6) is 0 Å². The Morgan fingerprint density at radius 1 is 1.50 bits per heavy atom. The molecule has 0 aliphatic rings. The van der Waals surface area contributed by atoms with Gasteiger partial charge in [0.25, 0.3) is 0 Å². The molecule has 0 spiro atoms. The number of fused-ring (bicyclic) bond motifs is 1. The van der Waals surface area contributed by atoms with Crippen molar-refractivity contribution >= 4 is 28.6 Å². The molecule has 2 N–H and O–H groups in total. The highest BCUT2D eigenvalue weighted by molar-refractivity contribution is 6.35. The van der Waals surface area contributed by atoms with E-state index in [0.717, 1.165) is 23.9 Å². The summed E-state index contributed by atoms with van der Waals surface area (Å²) in [6.45, 7) is 2.76. The van der Waals surface area contributed by atoms with E-state index < -0.39 is 0 Å². The van der Waals surface area contributed by atoms with Crippen LogP contribution in [0.4, 0.5) is 5.95 Å². The number of nitrogen functional groups attached to an aromatic ring is 1. The molecule has 5 heteroatoms. The SMILES string of the molecule is CCCC(COC)n1c(N)nc2c(Cl)cccc21.